The number of piperidine rings is 1. The molecule has 0 bridgehead atoms. The number of rotatable bonds is 3. The fourth-order valence-electron chi connectivity index (χ4n) is 4.37. The molecule has 4 rings (SSSR count). The van der Waals surface area contributed by atoms with E-state index in [4.69, 9.17) is 28.9 Å². The first kappa shape index (κ1) is 20.2. The first-order chi connectivity index (χ1) is 13.4. The van der Waals surface area contributed by atoms with Crippen LogP contribution >= 0.6 is 35.0 Å². The summed E-state index contributed by atoms with van der Waals surface area (Å²) < 4.78 is 0. The van der Waals surface area contributed by atoms with Crippen molar-refractivity contribution in [2.45, 2.75) is 48.3 Å². The van der Waals surface area contributed by atoms with E-state index >= 15 is 0 Å². The average molecular weight is 440 g/mol. The van der Waals surface area contributed by atoms with Gasteiger partial charge >= 0.3 is 0 Å². The van der Waals surface area contributed by atoms with E-state index in [1.54, 1.807) is 24.7 Å². The van der Waals surface area contributed by atoms with Crippen molar-refractivity contribution < 1.29 is 5.11 Å². The standard InChI is InChI=1S/C19H23Cl2N5OS/c1-11-12(27)8-19(17(11)22)3-6-26(7-4-19)14-9-25-15(10-24-14)28-13-2-5-23-18(21)16(13)20/h2,5,9-12,17,27H,3-4,6-8,22H2,1H3/t11-,12+,17-/m1/s1. The third-order valence-electron chi connectivity index (χ3n) is 6.22. The summed E-state index contributed by atoms with van der Waals surface area (Å²) in [5.41, 5.74) is 6.50. The minimum atomic E-state index is -0.286. The lowest BCUT2D eigenvalue weighted by Crippen LogP contribution is -2.48. The Bertz CT molecular complexity index is 845. The number of hydrogen-bond acceptors (Lipinski definition) is 7. The van der Waals surface area contributed by atoms with E-state index in [1.807, 2.05) is 0 Å². The average Bonchev–Trinajstić information content (AvgIpc) is 2.90. The smallest absolute Gasteiger partial charge is 0.148 e. The topological polar surface area (TPSA) is 88.2 Å². The second-order valence-electron chi connectivity index (χ2n) is 7.73. The van der Waals surface area contributed by atoms with Crippen molar-refractivity contribution in [3.05, 3.63) is 34.8 Å². The van der Waals surface area contributed by atoms with Gasteiger partial charge in [-0.1, -0.05) is 41.9 Å². The zero-order valence-electron chi connectivity index (χ0n) is 15.6. The van der Waals surface area contributed by atoms with Gasteiger partial charge < -0.3 is 15.7 Å². The number of aromatic nitrogens is 3. The minimum Gasteiger partial charge on any atom is -0.393 e. The molecule has 9 heteroatoms. The molecule has 0 radical (unpaired) electrons. The molecule has 3 atom stereocenters. The highest BCUT2D eigenvalue weighted by molar-refractivity contribution is 7.99. The lowest BCUT2D eigenvalue weighted by molar-refractivity contribution is 0.126. The Balaban J connectivity index is 1.41. The van der Waals surface area contributed by atoms with E-state index in [0.717, 1.165) is 48.1 Å². The van der Waals surface area contributed by atoms with Gasteiger partial charge in [0, 0.05) is 30.2 Å². The van der Waals surface area contributed by atoms with E-state index in [9.17, 15) is 5.11 Å². The van der Waals surface area contributed by atoms with E-state index in [2.05, 4.69) is 26.8 Å². The number of nitrogens with two attached hydrogens (primary N) is 1. The van der Waals surface area contributed by atoms with Gasteiger partial charge in [0.1, 0.15) is 16.0 Å². The van der Waals surface area contributed by atoms with Crippen LogP contribution in [0.4, 0.5) is 5.82 Å². The fraction of sp³-hybridized carbons (Fsp3) is 0.526. The van der Waals surface area contributed by atoms with Gasteiger partial charge in [-0.3, -0.25) is 0 Å². The molecule has 1 aliphatic heterocycles. The molecule has 2 aromatic heterocycles. The number of nitrogens with zero attached hydrogens (tertiary/aromatic N) is 4. The highest BCUT2D eigenvalue weighted by Gasteiger charge is 2.50. The molecule has 0 unspecified atom stereocenters. The van der Waals surface area contributed by atoms with E-state index in [-0.39, 0.29) is 28.6 Å². The van der Waals surface area contributed by atoms with Crippen LogP contribution < -0.4 is 10.6 Å². The maximum atomic E-state index is 10.2. The molecule has 1 saturated carbocycles. The summed E-state index contributed by atoms with van der Waals surface area (Å²) in [6.07, 6.45) is 7.63. The van der Waals surface area contributed by atoms with Crippen LogP contribution in [-0.4, -0.2) is 45.3 Å². The molecular formula is C19H23Cl2N5OS. The van der Waals surface area contributed by atoms with E-state index in [1.165, 1.54) is 11.8 Å². The summed E-state index contributed by atoms with van der Waals surface area (Å²) in [5, 5.41) is 11.7. The van der Waals surface area contributed by atoms with Crippen molar-refractivity contribution in [1.82, 2.24) is 15.0 Å². The molecule has 2 fully saturated rings. The Hall–Kier alpha value is -1.12. The number of pyridine rings is 1. The van der Waals surface area contributed by atoms with E-state index < -0.39 is 0 Å². The van der Waals surface area contributed by atoms with Crippen LogP contribution in [0.5, 0.6) is 0 Å². The SMILES string of the molecule is C[C@H]1[C@@H](N)C2(CCN(c3cnc(Sc4ccnc(Cl)c4Cl)cn3)CC2)C[C@@H]1O. The summed E-state index contributed by atoms with van der Waals surface area (Å²) in [6.45, 7) is 3.81. The van der Waals surface area contributed by atoms with Gasteiger partial charge in [0.25, 0.3) is 0 Å². The summed E-state index contributed by atoms with van der Waals surface area (Å²) in [6, 6.07) is 1.87. The molecule has 6 nitrogen and oxygen atoms in total. The third-order valence-corrected chi connectivity index (χ3v) is 8.08. The van der Waals surface area contributed by atoms with E-state index in [0.29, 0.717) is 5.02 Å². The van der Waals surface area contributed by atoms with Crippen molar-refractivity contribution in [3.63, 3.8) is 0 Å². The lowest BCUT2D eigenvalue weighted by Gasteiger charge is -2.42. The van der Waals surface area contributed by atoms with Crippen LogP contribution in [0.1, 0.15) is 26.2 Å². The van der Waals surface area contributed by atoms with Gasteiger partial charge in [0.05, 0.1) is 23.5 Å². The molecule has 0 amide bonds. The first-order valence-corrected chi connectivity index (χ1v) is 11.0. The Morgan fingerprint density at radius 2 is 1.96 bits per heavy atom. The van der Waals surface area contributed by atoms with Crippen LogP contribution in [0.25, 0.3) is 0 Å². The van der Waals surface area contributed by atoms with Crippen LogP contribution in [0.3, 0.4) is 0 Å². The lowest BCUT2D eigenvalue weighted by atomic mass is 9.73. The Morgan fingerprint density at radius 3 is 2.57 bits per heavy atom. The molecule has 1 spiro atoms. The zero-order valence-corrected chi connectivity index (χ0v) is 17.9. The zero-order chi connectivity index (χ0) is 19.9. The number of hydrogen-bond donors (Lipinski definition) is 2. The maximum absolute atomic E-state index is 10.2. The van der Waals surface area contributed by atoms with Gasteiger partial charge in [0.15, 0.2) is 0 Å². The summed E-state index contributed by atoms with van der Waals surface area (Å²) in [5.74, 6) is 1.02. The first-order valence-electron chi connectivity index (χ1n) is 9.38. The van der Waals surface area contributed by atoms with Gasteiger partial charge in [-0.05, 0) is 36.7 Å². The Labute approximate surface area is 178 Å². The second-order valence-corrected chi connectivity index (χ2v) is 9.53. The quantitative estimate of drug-likeness (QED) is 0.705. The molecule has 3 N–H and O–H groups in total. The predicted octanol–water partition coefficient (Wildman–Crippen LogP) is 3.64. The highest BCUT2D eigenvalue weighted by atomic mass is 35.5. The van der Waals surface area contributed by atoms with Gasteiger partial charge in [-0.2, -0.15) is 0 Å². The largest absolute Gasteiger partial charge is 0.393 e. The van der Waals surface area contributed by atoms with Gasteiger partial charge in [-0.15, -0.1) is 0 Å². The molecule has 3 heterocycles. The predicted molar refractivity (Wildman–Crippen MR) is 112 cm³/mol. The summed E-state index contributed by atoms with van der Waals surface area (Å²) in [4.78, 5) is 16.1. The molecular weight excluding hydrogens is 417 g/mol. The molecule has 28 heavy (non-hydrogen) atoms. The minimum absolute atomic E-state index is 0.0515. The second kappa shape index (κ2) is 7.95. The van der Waals surface area contributed by atoms with Crippen molar-refractivity contribution >= 4 is 40.8 Å². The Morgan fingerprint density at radius 1 is 1.21 bits per heavy atom. The molecule has 150 valence electrons. The monoisotopic (exact) mass is 439 g/mol. The van der Waals surface area contributed by atoms with Crippen molar-refractivity contribution in [2.75, 3.05) is 18.0 Å². The molecule has 0 aromatic carbocycles. The number of aliphatic hydroxyl groups excluding tert-OH is 1. The van der Waals surface area contributed by atoms with Crippen LogP contribution in [0, 0.1) is 11.3 Å². The summed E-state index contributed by atoms with van der Waals surface area (Å²) >= 11 is 13.6. The Kier molecular flexibility index (Phi) is 5.73. The van der Waals surface area contributed by atoms with Crippen molar-refractivity contribution in [3.8, 4) is 0 Å². The number of aliphatic hydroxyl groups is 1. The maximum Gasteiger partial charge on any atom is 0.148 e. The van der Waals surface area contributed by atoms with Crippen molar-refractivity contribution in [1.29, 1.82) is 0 Å². The van der Waals surface area contributed by atoms with Crippen LogP contribution in [-0.2, 0) is 0 Å². The van der Waals surface area contributed by atoms with Crippen LogP contribution in [0.2, 0.25) is 10.2 Å². The van der Waals surface area contributed by atoms with Gasteiger partial charge in [-0.25, -0.2) is 15.0 Å². The number of anilines is 1. The normalized spacial score (nSPS) is 26.8. The molecule has 2 aliphatic rings. The summed E-state index contributed by atoms with van der Waals surface area (Å²) in [7, 11) is 0. The van der Waals surface area contributed by atoms with Crippen molar-refractivity contribution in [2.24, 2.45) is 17.1 Å². The fourth-order valence-corrected chi connectivity index (χ4v) is 5.57. The highest BCUT2D eigenvalue weighted by Crippen LogP contribution is 2.48. The van der Waals surface area contributed by atoms with Crippen LogP contribution in [0.15, 0.2) is 34.6 Å². The molecule has 2 aromatic rings. The molecule has 1 saturated heterocycles. The number of halogens is 2. The molecule has 1 aliphatic carbocycles. The third kappa shape index (κ3) is 3.71. The van der Waals surface area contributed by atoms with Gasteiger partial charge in [0.2, 0.25) is 0 Å².